The third kappa shape index (κ3) is 5.99. The summed E-state index contributed by atoms with van der Waals surface area (Å²) in [4.78, 5) is 17.1. The Morgan fingerprint density at radius 1 is 1.06 bits per heavy atom. The van der Waals surface area contributed by atoms with Crippen LogP contribution in [0.5, 0.6) is 17.2 Å². The van der Waals surface area contributed by atoms with Gasteiger partial charge in [-0.2, -0.15) is 18.2 Å². The molecule has 0 radical (unpaired) electrons. The lowest BCUT2D eigenvalue weighted by atomic mass is 10.0. The zero-order valence-electron chi connectivity index (χ0n) is 18.7. The van der Waals surface area contributed by atoms with Crippen molar-refractivity contribution in [2.75, 3.05) is 38.1 Å². The van der Waals surface area contributed by atoms with Gasteiger partial charge in [0.25, 0.3) is 0 Å². The van der Waals surface area contributed by atoms with Crippen molar-refractivity contribution >= 4 is 34.3 Å². The number of benzene rings is 2. The van der Waals surface area contributed by atoms with Crippen LogP contribution in [0.4, 0.5) is 30.6 Å². The molecule has 5 N–H and O–H groups in total. The number of methoxy groups -OCH3 is 3. The second-order valence-corrected chi connectivity index (χ2v) is 6.76. The van der Waals surface area contributed by atoms with E-state index in [1.165, 1.54) is 0 Å². The Morgan fingerprint density at radius 2 is 1.62 bits per heavy atom. The molecule has 3 rings (SSSR count). The van der Waals surface area contributed by atoms with Crippen LogP contribution >= 0.6 is 0 Å². The van der Waals surface area contributed by atoms with E-state index >= 15 is 0 Å². The monoisotopic (exact) mass is 482 g/mol. The summed E-state index contributed by atoms with van der Waals surface area (Å²) in [5, 5.41) is 13.0. The Labute approximate surface area is 192 Å². The predicted molar refractivity (Wildman–Crippen MR) is 118 cm³/mol. The maximum Gasteiger partial charge on any atom is 0.430 e. The van der Waals surface area contributed by atoms with Crippen molar-refractivity contribution in [3.8, 4) is 17.2 Å². The number of aromatic nitrogens is 2. The number of halogens is 3. The highest BCUT2D eigenvalue weighted by atomic mass is 19.4. The molecule has 13 heteroatoms. The molecule has 0 spiro atoms. The molecular weight excluding hydrogens is 459 g/mol. The van der Waals surface area contributed by atoms with Gasteiger partial charge in [-0.15, -0.1) is 0 Å². The largest absolute Gasteiger partial charge is 0.542 e. The van der Waals surface area contributed by atoms with Crippen LogP contribution in [0.15, 0.2) is 24.3 Å². The molecule has 0 bridgehead atoms. The smallest absolute Gasteiger partial charge is 0.430 e. The quantitative estimate of drug-likeness (QED) is 0.475. The molecule has 0 atom stereocenters. The Kier molecular flexibility index (Phi) is 8.16. The number of aryl methyl sites for hydroxylation is 1. The van der Waals surface area contributed by atoms with Gasteiger partial charge in [0.15, 0.2) is 11.5 Å². The summed E-state index contributed by atoms with van der Waals surface area (Å²) in [7, 11) is 4.75. The van der Waals surface area contributed by atoms with Gasteiger partial charge >= 0.3 is 6.18 Å². The molecule has 1 aromatic heterocycles. The summed E-state index contributed by atoms with van der Waals surface area (Å²) >= 11 is 0. The number of rotatable bonds is 6. The van der Waals surface area contributed by atoms with Crippen LogP contribution < -0.4 is 36.1 Å². The number of nitrogens with zero attached hydrogens (tertiary/aromatic N) is 2. The summed E-state index contributed by atoms with van der Waals surface area (Å²) in [6.45, 7) is 2.56. The molecule has 0 fully saturated rings. The second kappa shape index (κ2) is 10.6. The average Bonchev–Trinajstić information content (AvgIpc) is 2.77. The van der Waals surface area contributed by atoms with E-state index in [0.717, 1.165) is 27.7 Å². The second-order valence-electron chi connectivity index (χ2n) is 6.76. The van der Waals surface area contributed by atoms with E-state index in [-0.39, 0.29) is 5.95 Å². The van der Waals surface area contributed by atoms with Gasteiger partial charge in [-0.25, -0.2) is 4.98 Å². The molecule has 0 aliphatic heterocycles. The first-order valence-electron chi connectivity index (χ1n) is 9.56. The molecule has 3 aromatic rings. The zero-order chi connectivity index (χ0) is 25.6. The van der Waals surface area contributed by atoms with Crippen LogP contribution in [-0.2, 0) is 11.3 Å². The number of carboxylic acids is 1. The summed E-state index contributed by atoms with van der Waals surface area (Å²) in [5.41, 5.74) is 15.4. The van der Waals surface area contributed by atoms with Crippen molar-refractivity contribution < 1.29 is 37.3 Å². The minimum Gasteiger partial charge on any atom is -0.542 e. The number of anilines is 3. The van der Waals surface area contributed by atoms with Gasteiger partial charge in [-0.3, -0.25) is 0 Å². The number of aliphatic carboxylic acids is 1. The molecule has 34 heavy (non-hydrogen) atoms. The maximum absolute atomic E-state index is 10.5. The van der Waals surface area contributed by atoms with Crippen molar-refractivity contribution in [2.24, 2.45) is 0 Å². The molecule has 0 saturated carbocycles. The molecule has 0 saturated heterocycles. The normalized spacial score (nSPS) is 10.8. The fourth-order valence-electron chi connectivity index (χ4n) is 3.06. The molecule has 2 aromatic carbocycles. The van der Waals surface area contributed by atoms with E-state index in [2.05, 4.69) is 15.3 Å². The fraction of sp³-hybridized carbons (Fsp3) is 0.286. The first-order chi connectivity index (χ1) is 15.9. The van der Waals surface area contributed by atoms with E-state index in [0.29, 0.717) is 29.6 Å². The van der Waals surface area contributed by atoms with Crippen LogP contribution in [0.3, 0.4) is 0 Å². The topological polar surface area (TPSA) is 158 Å². The molecular formula is C21H23F3N5O5-. The highest BCUT2D eigenvalue weighted by Gasteiger charge is 2.28. The van der Waals surface area contributed by atoms with Crippen molar-refractivity contribution in [3.05, 3.63) is 35.4 Å². The number of nitrogen functional groups attached to an aromatic ring is 2. The highest BCUT2D eigenvalue weighted by molar-refractivity contribution is 5.92. The number of carbonyl (C=O) groups excluding carboxylic acids is 1. The third-order valence-corrected chi connectivity index (χ3v) is 4.66. The van der Waals surface area contributed by atoms with Crippen molar-refractivity contribution in [1.29, 1.82) is 0 Å². The van der Waals surface area contributed by atoms with Gasteiger partial charge in [0, 0.05) is 29.8 Å². The van der Waals surface area contributed by atoms with E-state index in [4.69, 9.17) is 35.6 Å². The minimum atomic E-state index is -5.19. The van der Waals surface area contributed by atoms with Crippen LogP contribution in [-0.4, -0.2) is 43.4 Å². The van der Waals surface area contributed by atoms with Crippen LogP contribution in [0.2, 0.25) is 0 Å². The van der Waals surface area contributed by atoms with E-state index in [1.807, 2.05) is 31.2 Å². The molecule has 0 aliphatic rings. The SMILES string of the molecule is COc1cc(NCc2ccc3nc(N)nc(N)c3c2C)cc(OC)c1OC.O=C([O-])C(F)(F)F. The number of nitrogens with one attached hydrogen (secondary N) is 1. The number of ether oxygens (including phenoxy) is 3. The fourth-order valence-corrected chi connectivity index (χ4v) is 3.06. The molecule has 0 aliphatic carbocycles. The highest BCUT2D eigenvalue weighted by Crippen LogP contribution is 2.40. The van der Waals surface area contributed by atoms with Gasteiger partial charge in [0.2, 0.25) is 11.7 Å². The van der Waals surface area contributed by atoms with E-state index in [9.17, 15) is 13.2 Å². The molecule has 10 nitrogen and oxygen atoms in total. The predicted octanol–water partition coefficient (Wildman–Crippen LogP) is 2.04. The number of carboxylic acid groups (broad SMARTS) is 1. The zero-order valence-corrected chi connectivity index (χ0v) is 18.7. The van der Waals surface area contributed by atoms with Crippen molar-refractivity contribution in [1.82, 2.24) is 9.97 Å². The molecule has 0 amide bonds. The molecule has 1 heterocycles. The first kappa shape index (κ1) is 26.1. The van der Waals surface area contributed by atoms with Gasteiger partial charge in [0.05, 0.1) is 26.8 Å². The Hall–Kier alpha value is -4.16. The Balaban J connectivity index is 0.000000509. The first-order valence-corrected chi connectivity index (χ1v) is 9.56. The van der Waals surface area contributed by atoms with E-state index in [1.54, 1.807) is 21.3 Å². The minimum absolute atomic E-state index is 0.169. The molecule has 184 valence electrons. The lowest BCUT2D eigenvalue weighted by Crippen LogP contribution is -2.37. The summed E-state index contributed by atoms with van der Waals surface area (Å²) in [6, 6.07) is 7.60. The third-order valence-electron chi connectivity index (χ3n) is 4.66. The lowest BCUT2D eigenvalue weighted by molar-refractivity contribution is -0.344. The van der Waals surface area contributed by atoms with Crippen molar-refractivity contribution in [3.63, 3.8) is 0 Å². The average molecular weight is 482 g/mol. The lowest BCUT2D eigenvalue weighted by Gasteiger charge is -2.16. The van der Waals surface area contributed by atoms with Crippen molar-refractivity contribution in [2.45, 2.75) is 19.6 Å². The van der Waals surface area contributed by atoms with Crippen LogP contribution in [0, 0.1) is 6.92 Å². The number of hydrogen-bond donors (Lipinski definition) is 3. The standard InChI is InChI=1S/C19H23N5O3.C2HF3O2/c1-10-11(5-6-13-16(10)18(20)24-19(21)23-13)9-22-12-7-14(25-2)17(27-4)15(8-12)26-3;3-2(4,5)1(6)7/h5-8,22H,9H2,1-4H3,(H4,20,21,23,24);(H,6,7)/p-1. The van der Waals surface area contributed by atoms with Crippen LogP contribution in [0.1, 0.15) is 11.1 Å². The van der Waals surface area contributed by atoms with Gasteiger partial charge in [0.1, 0.15) is 11.8 Å². The number of carbonyl (C=O) groups is 1. The number of hydrogen-bond acceptors (Lipinski definition) is 10. The summed E-state index contributed by atoms with van der Waals surface area (Å²) in [5.74, 6) is -0.736. The van der Waals surface area contributed by atoms with Gasteiger partial charge in [-0.05, 0) is 24.1 Å². The Morgan fingerprint density at radius 3 is 2.09 bits per heavy atom. The summed E-state index contributed by atoms with van der Waals surface area (Å²) in [6.07, 6.45) is -5.19. The molecule has 0 unspecified atom stereocenters. The number of fused-ring (bicyclic) bond motifs is 1. The van der Waals surface area contributed by atoms with Crippen LogP contribution in [0.25, 0.3) is 10.9 Å². The Bertz CT molecular complexity index is 1160. The number of alkyl halides is 3. The van der Waals surface area contributed by atoms with E-state index < -0.39 is 12.1 Å². The van der Waals surface area contributed by atoms with Gasteiger partial charge < -0.3 is 40.9 Å². The van der Waals surface area contributed by atoms with Gasteiger partial charge in [-0.1, -0.05) is 6.07 Å². The number of nitrogens with two attached hydrogens (primary N) is 2. The summed E-state index contributed by atoms with van der Waals surface area (Å²) < 4.78 is 47.7. The maximum atomic E-state index is 10.5.